The molecule has 0 spiro atoms. The van der Waals surface area contributed by atoms with E-state index in [-0.39, 0.29) is 12.6 Å². The third kappa shape index (κ3) is 7.81. The summed E-state index contributed by atoms with van der Waals surface area (Å²) >= 11 is 1.80. The second kappa shape index (κ2) is 8.66. The summed E-state index contributed by atoms with van der Waals surface area (Å²) in [4.78, 5) is 16.4. The molecule has 1 aromatic heterocycles. The zero-order valence-electron chi connectivity index (χ0n) is 15.1. The SMILES string of the molecule is Cc1cc(CNCCN(CC(C)O)C(=O)OC(C)(C)C)c(C)s1. The van der Waals surface area contributed by atoms with Gasteiger partial charge in [-0.2, -0.15) is 0 Å². The monoisotopic (exact) mass is 342 g/mol. The van der Waals surface area contributed by atoms with Gasteiger partial charge in [-0.25, -0.2) is 4.79 Å². The molecule has 0 saturated carbocycles. The second-order valence-corrected chi connectivity index (χ2v) is 8.35. The average Bonchev–Trinajstić information content (AvgIpc) is 2.69. The van der Waals surface area contributed by atoms with E-state index in [0.29, 0.717) is 13.1 Å². The molecular weight excluding hydrogens is 312 g/mol. The summed E-state index contributed by atoms with van der Waals surface area (Å²) in [6.45, 7) is 13.6. The summed E-state index contributed by atoms with van der Waals surface area (Å²) in [5, 5.41) is 12.9. The predicted octanol–water partition coefficient (Wildman–Crippen LogP) is 3.07. The fourth-order valence-corrected chi connectivity index (χ4v) is 3.14. The molecule has 0 fully saturated rings. The molecular formula is C17H30N2O3S. The third-order valence-corrected chi connectivity index (χ3v) is 4.16. The van der Waals surface area contributed by atoms with E-state index in [4.69, 9.17) is 4.74 Å². The first-order valence-corrected chi connectivity index (χ1v) is 8.82. The quantitative estimate of drug-likeness (QED) is 0.748. The van der Waals surface area contributed by atoms with E-state index in [1.54, 1.807) is 23.2 Å². The number of aliphatic hydroxyl groups is 1. The van der Waals surface area contributed by atoms with Crippen molar-refractivity contribution in [1.82, 2.24) is 10.2 Å². The van der Waals surface area contributed by atoms with Crippen LogP contribution in [-0.2, 0) is 11.3 Å². The zero-order chi connectivity index (χ0) is 17.6. The molecule has 1 atom stereocenters. The lowest BCUT2D eigenvalue weighted by Crippen LogP contribution is -2.43. The number of aryl methyl sites for hydroxylation is 2. The normalized spacial score (nSPS) is 13.0. The highest BCUT2D eigenvalue weighted by Gasteiger charge is 2.22. The summed E-state index contributed by atoms with van der Waals surface area (Å²) in [6.07, 6.45) is -0.966. The smallest absolute Gasteiger partial charge is 0.410 e. The Balaban J connectivity index is 2.47. The molecule has 6 heteroatoms. The molecule has 1 amide bonds. The molecule has 1 aromatic rings. The predicted molar refractivity (Wildman–Crippen MR) is 95.0 cm³/mol. The molecule has 0 aliphatic rings. The molecule has 1 unspecified atom stereocenters. The maximum atomic E-state index is 12.2. The highest BCUT2D eigenvalue weighted by molar-refractivity contribution is 7.12. The van der Waals surface area contributed by atoms with Crippen LogP contribution < -0.4 is 5.32 Å². The van der Waals surface area contributed by atoms with E-state index in [1.165, 1.54) is 15.3 Å². The van der Waals surface area contributed by atoms with Crippen LogP contribution in [0.15, 0.2) is 6.07 Å². The number of thiophene rings is 1. The largest absolute Gasteiger partial charge is 0.444 e. The van der Waals surface area contributed by atoms with Crippen LogP contribution in [0.3, 0.4) is 0 Å². The summed E-state index contributed by atoms with van der Waals surface area (Å²) in [5.41, 5.74) is 0.763. The fraction of sp³-hybridized carbons (Fsp3) is 0.706. The lowest BCUT2D eigenvalue weighted by atomic mass is 10.2. The highest BCUT2D eigenvalue weighted by Crippen LogP contribution is 2.20. The molecule has 23 heavy (non-hydrogen) atoms. The number of nitrogens with zero attached hydrogens (tertiary/aromatic N) is 1. The Morgan fingerprint density at radius 3 is 2.57 bits per heavy atom. The fourth-order valence-electron chi connectivity index (χ4n) is 2.20. The van der Waals surface area contributed by atoms with Gasteiger partial charge in [0.1, 0.15) is 5.60 Å². The Labute approximate surface area is 143 Å². The van der Waals surface area contributed by atoms with E-state index in [0.717, 1.165) is 6.54 Å². The number of carbonyl (C=O) groups excluding carboxylic acids is 1. The summed E-state index contributed by atoms with van der Waals surface area (Å²) in [7, 11) is 0. The van der Waals surface area contributed by atoms with Crippen molar-refractivity contribution in [1.29, 1.82) is 0 Å². The van der Waals surface area contributed by atoms with Crippen molar-refractivity contribution in [2.24, 2.45) is 0 Å². The van der Waals surface area contributed by atoms with Gasteiger partial charge in [0, 0.05) is 35.9 Å². The van der Waals surface area contributed by atoms with Crippen molar-refractivity contribution in [3.63, 3.8) is 0 Å². The minimum Gasteiger partial charge on any atom is -0.444 e. The van der Waals surface area contributed by atoms with Crippen LogP contribution in [0.2, 0.25) is 0 Å². The molecule has 0 saturated heterocycles. The molecule has 2 N–H and O–H groups in total. The Morgan fingerprint density at radius 2 is 2.09 bits per heavy atom. The number of ether oxygens (including phenoxy) is 1. The molecule has 0 bridgehead atoms. The zero-order valence-corrected chi connectivity index (χ0v) is 15.9. The molecule has 5 nitrogen and oxygen atoms in total. The number of rotatable bonds is 7. The first-order chi connectivity index (χ1) is 10.6. The van der Waals surface area contributed by atoms with E-state index in [1.807, 2.05) is 20.8 Å². The van der Waals surface area contributed by atoms with Crippen LogP contribution in [-0.4, -0.2) is 47.4 Å². The van der Waals surface area contributed by atoms with Crippen LogP contribution in [0, 0.1) is 13.8 Å². The second-order valence-electron chi connectivity index (χ2n) is 6.89. The van der Waals surface area contributed by atoms with Gasteiger partial charge < -0.3 is 20.1 Å². The van der Waals surface area contributed by atoms with Gasteiger partial charge in [0.15, 0.2) is 0 Å². The molecule has 132 valence electrons. The summed E-state index contributed by atoms with van der Waals surface area (Å²) < 4.78 is 5.39. The van der Waals surface area contributed by atoms with Crippen LogP contribution in [0.25, 0.3) is 0 Å². The number of carbonyl (C=O) groups is 1. The van der Waals surface area contributed by atoms with Crippen molar-refractivity contribution in [2.75, 3.05) is 19.6 Å². The lowest BCUT2D eigenvalue weighted by molar-refractivity contribution is 0.0164. The molecule has 0 aliphatic carbocycles. The third-order valence-electron chi connectivity index (χ3n) is 3.15. The number of hydrogen-bond acceptors (Lipinski definition) is 5. The molecule has 0 aromatic carbocycles. The summed E-state index contributed by atoms with van der Waals surface area (Å²) in [5.74, 6) is 0. The van der Waals surface area contributed by atoms with E-state index < -0.39 is 11.7 Å². The molecule has 0 radical (unpaired) electrons. The number of amides is 1. The van der Waals surface area contributed by atoms with E-state index in [9.17, 15) is 9.90 Å². The highest BCUT2D eigenvalue weighted by atomic mass is 32.1. The first kappa shape index (κ1) is 19.9. The van der Waals surface area contributed by atoms with Gasteiger partial charge in [0.25, 0.3) is 0 Å². The van der Waals surface area contributed by atoms with Gasteiger partial charge in [0.2, 0.25) is 0 Å². The van der Waals surface area contributed by atoms with Crippen molar-refractivity contribution >= 4 is 17.4 Å². The van der Waals surface area contributed by atoms with Crippen LogP contribution in [0.1, 0.15) is 43.0 Å². The number of hydrogen-bond donors (Lipinski definition) is 2. The molecule has 1 rings (SSSR count). The Bertz CT molecular complexity index is 506. The summed E-state index contributed by atoms with van der Waals surface area (Å²) in [6, 6.07) is 2.19. The first-order valence-electron chi connectivity index (χ1n) is 8.01. The molecule has 1 heterocycles. The Hall–Kier alpha value is -1.11. The maximum Gasteiger partial charge on any atom is 0.410 e. The van der Waals surface area contributed by atoms with E-state index >= 15 is 0 Å². The van der Waals surface area contributed by atoms with Crippen molar-refractivity contribution < 1.29 is 14.6 Å². The Morgan fingerprint density at radius 1 is 1.43 bits per heavy atom. The average molecular weight is 343 g/mol. The maximum absolute atomic E-state index is 12.2. The lowest BCUT2D eigenvalue weighted by Gasteiger charge is -2.28. The van der Waals surface area contributed by atoms with Crippen molar-refractivity contribution in [3.8, 4) is 0 Å². The van der Waals surface area contributed by atoms with Gasteiger partial charge in [0.05, 0.1) is 6.10 Å². The van der Waals surface area contributed by atoms with Crippen LogP contribution in [0.4, 0.5) is 4.79 Å². The van der Waals surface area contributed by atoms with Gasteiger partial charge in [-0.05, 0) is 53.2 Å². The van der Waals surface area contributed by atoms with Gasteiger partial charge in [-0.1, -0.05) is 0 Å². The minimum atomic E-state index is -0.579. The minimum absolute atomic E-state index is 0.271. The number of aliphatic hydroxyl groups excluding tert-OH is 1. The standard InChI is InChI=1S/C17H30N2O3S/c1-12(20)11-19(16(21)22-17(4,5)6)8-7-18-10-15-9-13(2)23-14(15)3/h9,12,18,20H,7-8,10-11H2,1-6H3. The van der Waals surface area contributed by atoms with Gasteiger partial charge in [-0.3, -0.25) is 0 Å². The van der Waals surface area contributed by atoms with Gasteiger partial charge >= 0.3 is 6.09 Å². The molecule has 0 aliphatic heterocycles. The number of nitrogens with one attached hydrogen (secondary N) is 1. The Kier molecular flexibility index (Phi) is 7.51. The van der Waals surface area contributed by atoms with E-state index in [2.05, 4.69) is 25.2 Å². The van der Waals surface area contributed by atoms with Crippen molar-refractivity contribution in [2.45, 2.75) is 59.8 Å². The van der Waals surface area contributed by atoms with Crippen LogP contribution in [0.5, 0.6) is 0 Å². The van der Waals surface area contributed by atoms with Crippen LogP contribution >= 0.6 is 11.3 Å². The topological polar surface area (TPSA) is 61.8 Å². The van der Waals surface area contributed by atoms with Gasteiger partial charge in [-0.15, -0.1) is 11.3 Å². The van der Waals surface area contributed by atoms with Crippen molar-refractivity contribution in [3.05, 3.63) is 21.4 Å².